The Morgan fingerprint density at radius 2 is 1.00 bits per heavy atom. The average molecular weight is 195 g/mol. The number of hydrogen-bond acceptors (Lipinski definition) is 0. The van der Waals surface area contributed by atoms with Crippen LogP contribution in [0.4, 0.5) is 0 Å². The minimum absolute atomic E-state index is 0. The van der Waals surface area contributed by atoms with Crippen LogP contribution in [0.1, 0.15) is 0 Å². The molecule has 0 N–H and O–H groups in total. The first-order valence-electron chi connectivity index (χ1n) is 0. The summed E-state index contributed by atoms with van der Waals surface area (Å²) >= 11 is 0. The molecule has 0 aromatic rings. The van der Waals surface area contributed by atoms with Crippen molar-refractivity contribution >= 4 is 17.4 Å². The van der Waals surface area contributed by atoms with Crippen molar-refractivity contribution in [3.05, 3.63) is 0 Å². The molecular weight excluding hydrogens is 192 g/mol. The van der Waals surface area contributed by atoms with Gasteiger partial charge < -0.3 is 0 Å². The third-order valence-electron chi connectivity index (χ3n) is 0. The second-order valence-electron chi connectivity index (χ2n) is 0. The van der Waals surface area contributed by atoms with E-state index in [0.29, 0.717) is 0 Å². The maximum absolute atomic E-state index is 0. The van der Waals surface area contributed by atoms with E-state index in [1.165, 1.54) is 0 Å². The first-order valence-corrected chi connectivity index (χ1v) is 0. The number of rotatable bonds is 0. The van der Waals surface area contributed by atoms with E-state index in [9.17, 15) is 0 Å². The fourth-order valence-electron chi connectivity index (χ4n) is 0. The first-order chi connectivity index (χ1) is 0. The van der Waals surface area contributed by atoms with Crippen LogP contribution < -0.4 is 0 Å². The third kappa shape index (κ3) is 8.92. The molecule has 0 fully saturated rings. The summed E-state index contributed by atoms with van der Waals surface area (Å²) in [5, 5.41) is 0. The molecule has 0 heterocycles. The molecule has 0 aliphatic heterocycles. The summed E-state index contributed by atoms with van der Waals surface area (Å²) in [5.41, 5.74) is 0. The van der Waals surface area contributed by atoms with E-state index in [1.807, 2.05) is 0 Å². The molecule has 0 unspecified atom stereocenters. The Kier molecular flexibility index (Phi) is 171. The van der Waals surface area contributed by atoms with Crippen molar-refractivity contribution in [1.29, 1.82) is 0 Å². The fourth-order valence-corrected chi connectivity index (χ4v) is 0. The van der Waals surface area contributed by atoms with E-state index in [1.54, 1.807) is 0 Å². The molecule has 0 aliphatic carbocycles. The van der Waals surface area contributed by atoms with E-state index in [-0.39, 0.29) is 69.5 Å². The number of hydrogen-bond donors (Lipinski definition) is 0. The zero-order chi connectivity index (χ0) is 0. The van der Waals surface area contributed by atoms with Crippen LogP contribution >= 0.6 is 0 Å². The molecule has 0 rings (SSSR count). The second-order valence-corrected chi connectivity index (χ2v) is 0. The molecule has 0 amide bonds. The molecule has 0 spiro atoms. The van der Waals surface area contributed by atoms with Gasteiger partial charge in [0.25, 0.3) is 0 Å². The molecule has 0 aliphatic rings. The van der Waals surface area contributed by atoms with Gasteiger partial charge in [-0.1, -0.05) is 0 Å². The molecule has 4 heteroatoms. The third-order valence-corrected chi connectivity index (χ3v) is 0. The van der Waals surface area contributed by atoms with Crippen LogP contribution in [0, 0.1) is 0 Å². The Morgan fingerprint density at radius 1 is 1.00 bits per heavy atom. The molecular formula is H3AlMnNiV. The maximum Gasteiger partial charge on any atom is 0.187 e. The van der Waals surface area contributed by atoms with Crippen molar-refractivity contribution in [2.45, 2.75) is 0 Å². The summed E-state index contributed by atoms with van der Waals surface area (Å²) in [4.78, 5) is 0. The van der Waals surface area contributed by atoms with Gasteiger partial charge in [-0.3, -0.25) is 0 Å². The molecule has 2 radical (unpaired) electrons. The van der Waals surface area contributed by atoms with Gasteiger partial charge in [0.15, 0.2) is 17.4 Å². The topological polar surface area (TPSA) is 0 Å². The summed E-state index contributed by atoms with van der Waals surface area (Å²) in [6.45, 7) is 0. The van der Waals surface area contributed by atoms with E-state index in [4.69, 9.17) is 0 Å². The van der Waals surface area contributed by atoms with Crippen molar-refractivity contribution in [2.24, 2.45) is 0 Å². The van der Waals surface area contributed by atoms with E-state index >= 15 is 0 Å². The smallest absolute Gasteiger partial charge is 0 e. The molecule has 0 nitrogen and oxygen atoms in total. The van der Waals surface area contributed by atoms with Crippen LogP contribution in [0.5, 0.6) is 0 Å². The molecule has 0 saturated heterocycles. The van der Waals surface area contributed by atoms with Crippen molar-refractivity contribution in [3.63, 3.8) is 0 Å². The molecule has 0 saturated carbocycles. The Labute approximate surface area is 68.9 Å². The summed E-state index contributed by atoms with van der Waals surface area (Å²) in [7, 11) is 0. The Hall–Kier alpha value is 2.13. The van der Waals surface area contributed by atoms with Gasteiger partial charge >= 0.3 is 0 Å². The first kappa shape index (κ1) is 35.6. The maximum atomic E-state index is 0. The quantitative estimate of drug-likeness (QED) is 0.426. The zero-order valence-corrected chi connectivity index (χ0v) is 4.71. The molecule has 0 bridgehead atoms. The predicted molar refractivity (Wildman–Crippen MR) is 9.94 cm³/mol. The second kappa shape index (κ2) is 19.3. The van der Waals surface area contributed by atoms with Gasteiger partial charge in [-0.05, 0) is 0 Å². The van der Waals surface area contributed by atoms with E-state index in [0.717, 1.165) is 0 Å². The average Bonchev–Trinajstić information content (AvgIpc) is 0. The fraction of sp³-hybridized carbons (Fsp3) is 0. The van der Waals surface area contributed by atoms with Crippen molar-refractivity contribution < 1.29 is 52.1 Å². The monoisotopic (exact) mass is 194 g/mol. The van der Waals surface area contributed by atoms with Gasteiger partial charge in [-0.25, -0.2) is 0 Å². The van der Waals surface area contributed by atoms with Crippen LogP contribution in [0.2, 0.25) is 0 Å². The van der Waals surface area contributed by atoms with Crippen LogP contribution in [-0.2, 0) is 52.1 Å². The van der Waals surface area contributed by atoms with Crippen molar-refractivity contribution in [1.82, 2.24) is 0 Å². The van der Waals surface area contributed by atoms with Gasteiger partial charge in [0.05, 0.1) is 0 Å². The van der Waals surface area contributed by atoms with Crippen molar-refractivity contribution in [3.8, 4) is 0 Å². The van der Waals surface area contributed by atoms with Crippen LogP contribution in [0.15, 0.2) is 0 Å². The van der Waals surface area contributed by atoms with Gasteiger partial charge in [0.2, 0.25) is 0 Å². The van der Waals surface area contributed by atoms with Gasteiger partial charge in [0.1, 0.15) is 0 Å². The van der Waals surface area contributed by atoms with E-state index < -0.39 is 0 Å². The molecule has 28 valence electrons. The largest absolute Gasteiger partial charge is 0.187 e. The van der Waals surface area contributed by atoms with Gasteiger partial charge in [-0.15, -0.1) is 0 Å². The van der Waals surface area contributed by atoms with Gasteiger partial charge in [0, 0.05) is 52.1 Å². The summed E-state index contributed by atoms with van der Waals surface area (Å²) in [5.74, 6) is 0. The summed E-state index contributed by atoms with van der Waals surface area (Å²) in [6.07, 6.45) is 0. The van der Waals surface area contributed by atoms with Crippen LogP contribution in [0.3, 0.4) is 0 Å². The Morgan fingerprint density at radius 3 is 1.00 bits per heavy atom. The minimum atomic E-state index is 0. The zero-order valence-electron chi connectivity index (χ0n) is 1.14. The van der Waals surface area contributed by atoms with Gasteiger partial charge in [-0.2, -0.15) is 0 Å². The minimum Gasteiger partial charge on any atom is 0 e. The molecule has 0 aromatic carbocycles. The molecule has 4 heavy (non-hydrogen) atoms. The van der Waals surface area contributed by atoms with Crippen LogP contribution in [0.25, 0.3) is 0 Å². The molecule has 0 atom stereocenters. The standard InChI is InChI=1S/Al.Mn.Ni.V.3H. The Bertz CT molecular complexity index is 8.00. The van der Waals surface area contributed by atoms with Crippen LogP contribution in [-0.4, -0.2) is 17.4 Å². The molecule has 0 aromatic heterocycles. The van der Waals surface area contributed by atoms with E-state index in [2.05, 4.69) is 0 Å². The normalized spacial score (nSPS) is 0. The SMILES string of the molecule is [AlH3].[Mn].[Ni].[V]. The summed E-state index contributed by atoms with van der Waals surface area (Å²) in [6, 6.07) is 0. The summed E-state index contributed by atoms with van der Waals surface area (Å²) < 4.78 is 0. The predicted octanol–water partition coefficient (Wildman–Crippen LogP) is -1.19. The van der Waals surface area contributed by atoms with Crippen molar-refractivity contribution in [2.75, 3.05) is 0 Å². The Balaban J connectivity index is 0.